The molecule has 0 aromatic heterocycles. The molecule has 1 rings (SSSR count). The third-order valence-electron chi connectivity index (χ3n) is 5.35. The minimum atomic E-state index is -0.901. The Balaban J connectivity index is 2.49. The summed E-state index contributed by atoms with van der Waals surface area (Å²) in [4.78, 5) is 22.7. The van der Waals surface area contributed by atoms with Crippen LogP contribution < -0.4 is 0 Å². The molecule has 1 aliphatic carbocycles. The summed E-state index contributed by atoms with van der Waals surface area (Å²) in [7, 11) is 0. The Morgan fingerprint density at radius 3 is 2.54 bits per heavy atom. The van der Waals surface area contributed by atoms with E-state index >= 15 is 0 Å². The lowest BCUT2D eigenvalue weighted by atomic mass is 9.87. The van der Waals surface area contributed by atoms with E-state index in [-0.39, 0.29) is 30.5 Å². The predicted octanol–water partition coefficient (Wildman–Crippen LogP) is 3.87. The molecule has 0 aromatic rings. The SMILES string of the molecule is CCCCC[C@](C)(O)/C=C/[C@H]1C(O)CC(=O)C1CCCCCCC(=O)O. The summed E-state index contributed by atoms with van der Waals surface area (Å²) < 4.78 is 0. The number of carbonyl (C=O) groups excluding carboxylic acids is 1. The van der Waals surface area contributed by atoms with Crippen LogP contribution in [0.15, 0.2) is 12.2 Å². The maximum Gasteiger partial charge on any atom is 0.303 e. The van der Waals surface area contributed by atoms with Gasteiger partial charge >= 0.3 is 5.97 Å². The first kappa shape index (κ1) is 22.8. The van der Waals surface area contributed by atoms with Crippen molar-refractivity contribution in [2.45, 2.75) is 96.2 Å². The number of aliphatic hydroxyl groups excluding tert-OH is 1. The Morgan fingerprint density at radius 2 is 1.88 bits per heavy atom. The van der Waals surface area contributed by atoms with E-state index in [0.29, 0.717) is 12.8 Å². The number of aliphatic carboxylic acids is 1. The van der Waals surface area contributed by atoms with Crippen LogP contribution in [0, 0.1) is 11.8 Å². The highest BCUT2D eigenvalue weighted by Gasteiger charge is 2.39. The lowest BCUT2D eigenvalue weighted by Gasteiger charge is -2.22. The number of rotatable bonds is 13. The Kier molecular flexibility index (Phi) is 10.1. The molecule has 4 atom stereocenters. The van der Waals surface area contributed by atoms with Crippen LogP contribution in [0.4, 0.5) is 0 Å². The largest absolute Gasteiger partial charge is 0.481 e. The number of aliphatic hydroxyl groups is 2. The quantitative estimate of drug-likeness (QED) is 0.339. The van der Waals surface area contributed by atoms with E-state index in [1.807, 2.05) is 6.08 Å². The van der Waals surface area contributed by atoms with Gasteiger partial charge in [-0.25, -0.2) is 0 Å². The molecule has 5 heteroatoms. The third-order valence-corrected chi connectivity index (χ3v) is 5.35. The van der Waals surface area contributed by atoms with Crippen LogP contribution in [-0.4, -0.2) is 38.8 Å². The lowest BCUT2D eigenvalue weighted by molar-refractivity contribution is -0.137. The van der Waals surface area contributed by atoms with Crippen LogP contribution in [0.5, 0.6) is 0 Å². The van der Waals surface area contributed by atoms with Gasteiger partial charge in [-0.15, -0.1) is 0 Å². The van der Waals surface area contributed by atoms with Crippen LogP contribution in [0.1, 0.15) is 84.5 Å². The number of Topliss-reactive ketones (excluding diaryl/α,β-unsaturated/α-hetero) is 1. The smallest absolute Gasteiger partial charge is 0.303 e. The average Bonchev–Trinajstić information content (AvgIpc) is 2.82. The van der Waals surface area contributed by atoms with Crippen LogP contribution in [0.25, 0.3) is 0 Å². The molecule has 3 N–H and O–H groups in total. The van der Waals surface area contributed by atoms with Gasteiger partial charge in [-0.1, -0.05) is 57.6 Å². The zero-order valence-electron chi connectivity index (χ0n) is 16.3. The van der Waals surface area contributed by atoms with Gasteiger partial charge in [0.15, 0.2) is 0 Å². The second-order valence-corrected chi connectivity index (χ2v) is 7.94. The molecule has 0 aromatic carbocycles. The van der Waals surface area contributed by atoms with Gasteiger partial charge in [0, 0.05) is 24.7 Å². The summed E-state index contributed by atoms with van der Waals surface area (Å²) >= 11 is 0. The molecule has 1 aliphatic rings. The van der Waals surface area contributed by atoms with Gasteiger partial charge in [0.2, 0.25) is 0 Å². The van der Waals surface area contributed by atoms with Crippen molar-refractivity contribution >= 4 is 11.8 Å². The first-order valence-corrected chi connectivity index (χ1v) is 10.1. The fourth-order valence-electron chi connectivity index (χ4n) is 3.72. The molecule has 5 nitrogen and oxygen atoms in total. The van der Waals surface area contributed by atoms with Gasteiger partial charge in [-0.2, -0.15) is 0 Å². The normalized spacial score (nSPS) is 25.7. The summed E-state index contributed by atoms with van der Waals surface area (Å²) in [6.07, 6.45) is 11.1. The molecule has 1 fully saturated rings. The number of hydrogen-bond donors (Lipinski definition) is 3. The van der Waals surface area contributed by atoms with E-state index < -0.39 is 17.7 Å². The van der Waals surface area contributed by atoms with E-state index in [9.17, 15) is 19.8 Å². The van der Waals surface area contributed by atoms with Gasteiger partial charge in [-0.3, -0.25) is 9.59 Å². The molecule has 0 radical (unpaired) electrons. The number of carboxylic acids is 1. The standard InChI is InChI=1S/C21H36O5/c1-3-4-9-13-21(2,26)14-12-17-16(18(22)15-19(17)23)10-7-5-6-8-11-20(24)25/h12,14,16-17,19,23,26H,3-11,13,15H2,1-2H3,(H,24,25)/b14-12+/t16?,17-,19?,21+/m1/s1. The highest BCUT2D eigenvalue weighted by atomic mass is 16.4. The molecule has 0 aliphatic heterocycles. The van der Waals surface area contributed by atoms with E-state index in [1.165, 1.54) is 0 Å². The maximum absolute atomic E-state index is 12.2. The minimum Gasteiger partial charge on any atom is -0.481 e. The van der Waals surface area contributed by atoms with E-state index in [1.54, 1.807) is 13.0 Å². The second kappa shape index (κ2) is 11.5. The van der Waals surface area contributed by atoms with Crippen molar-refractivity contribution in [3.8, 4) is 0 Å². The molecule has 0 heterocycles. The van der Waals surface area contributed by atoms with Crippen LogP contribution in [-0.2, 0) is 9.59 Å². The number of carboxylic acid groups (broad SMARTS) is 1. The van der Waals surface area contributed by atoms with Gasteiger partial charge in [0.05, 0.1) is 11.7 Å². The predicted molar refractivity (Wildman–Crippen MR) is 102 cm³/mol. The van der Waals surface area contributed by atoms with Crippen molar-refractivity contribution in [1.82, 2.24) is 0 Å². The van der Waals surface area contributed by atoms with E-state index in [2.05, 4.69) is 6.92 Å². The molecule has 0 spiro atoms. The Labute approximate surface area is 157 Å². The molecule has 26 heavy (non-hydrogen) atoms. The van der Waals surface area contributed by atoms with E-state index in [0.717, 1.165) is 44.9 Å². The van der Waals surface area contributed by atoms with Crippen molar-refractivity contribution in [3.05, 3.63) is 12.2 Å². The van der Waals surface area contributed by atoms with Crippen LogP contribution in [0.2, 0.25) is 0 Å². The van der Waals surface area contributed by atoms with Crippen LogP contribution in [0.3, 0.4) is 0 Å². The highest BCUT2D eigenvalue weighted by Crippen LogP contribution is 2.35. The Hall–Kier alpha value is -1.20. The molecule has 0 bridgehead atoms. The average molecular weight is 369 g/mol. The lowest BCUT2D eigenvalue weighted by Crippen LogP contribution is -2.23. The molecule has 2 unspecified atom stereocenters. The van der Waals surface area contributed by atoms with Gasteiger partial charge in [-0.05, 0) is 26.2 Å². The summed E-state index contributed by atoms with van der Waals surface area (Å²) in [5.41, 5.74) is -0.901. The number of hydrogen-bond acceptors (Lipinski definition) is 4. The second-order valence-electron chi connectivity index (χ2n) is 7.94. The first-order chi connectivity index (χ1) is 12.3. The highest BCUT2D eigenvalue weighted by molar-refractivity contribution is 5.84. The summed E-state index contributed by atoms with van der Waals surface area (Å²) in [6, 6.07) is 0. The van der Waals surface area contributed by atoms with Crippen molar-refractivity contribution in [2.75, 3.05) is 0 Å². The van der Waals surface area contributed by atoms with Crippen molar-refractivity contribution in [3.63, 3.8) is 0 Å². The zero-order valence-corrected chi connectivity index (χ0v) is 16.3. The van der Waals surface area contributed by atoms with E-state index in [4.69, 9.17) is 5.11 Å². The zero-order chi connectivity index (χ0) is 19.6. The maximum atomic E-state index is 12.2. The van der Waals surface area contributed by atoms with Gasteiger partial charge in [0.25, 0.3) is 0 Å². The first-order valence-electron chi connectivity index (χ1n) is 10.1. The van der Waals surface area contributed by atoms with Crippen molar-refractivity contribution < 1.29 is 24.9 Å². The topological polar surface area (TPSA) is 94.8 Å². The fourth-order valence-corrected chi connectivity index (χ4v) is 3.72. The third kappa shape index (κ3) is 8.45. The minimum absolute atomic E-state index is 0.100. The monoisotopic (exact) mass is 368 g/mol. The van der Waals surface area contributed by atoms with Crippen molar-refractivity contribution in [1.29, 1.82) is 0 Å². The summed E-state index contributed by atoms with van der Waals surface area (Å²) in [5, 5.41) is 29.3. The summed E-state index contributed by atoms with van der Waals surface area (Å²) in [6.45, 7) is 3.90. The van der Waals surface area contributed by atoms with Gasteiger partial charge < -0.3 is 15.3 Å². The van der Waals surface area contributed by atoms with Crippen molar-refractivity contribution in [2.24, 2.45) is 11.8 Å². The number of ketones is 1. The summed E-state index contributed by atoms with van der Waals surface area (Å²) in [5.74, 6) is -1.08. The molecular formula is C21H36O5. The Morgan fingerprint density at radius 1 is 1.19 bits per heavy atom. The fraction of sp³-hybridized carbons (Fsp3) is 0.810. The molecular weight excluding hydrogens is 332 g/mol. The van der Waals surface area contributed by atoms with Crippen LogP contribution >= 0.6 is 0 Å². The molecule has 0 saturated heterocycles. The molecule has 0 amide bonds. The Bertz CT molecular complexity index is 469. The molecule has 150 valence electrons. The number of unbranched alkanes of at least 4 members (excludes halogenated alkanes) is 5. The van der Waals surface area contributed by atoms with Gasteiger partial charge in [0.1, 0.15) is 5.78 Å². The number of carbonyl (C=O) groups is 2. The molecule has 1 saturated carbocycles.